The van der Waals surface area contributed by atoms with Crippen LogP contribution in [0.1, 0.15) is 44.4 Å². The molecule has 1 N–H and O–H groups in total. The number of amides is 1. The molecule has 0 saturated carbocycles. The Hall–Kier alpha value is -2.26. The molecule has 0 saturated heterocycles. The van der Waals surface area contributed by atoms with E-state index in [1.54, 1.807) is 20.8 Å². The van der Waals surface area contributed by atoms with Gasteiger partial charge in [0.25, 0.3) is 0 Å². The lowest BCUT2D eigenvalue weighted by molar-refractivity contribution is -0.224. The number of alkyl halides is 6. The summed E-state index contributed by atoms with van der Waals surface area (Å²) in [5.74, 6) is -1.72. The zero-order chi connectivity index (χ0) is 21.0. The van der Waals surface area contributed by atoms with Gasteiger partial charge in [-0.1, -0.05) is 32.9 Å². The van der Waals surface area contributed by atoms with E-state index in [1.165, 1.54) is 0 Å². The highest BCUT2D eigenvalue weighted by Gasteiger charge is 2.45. The number of ether oxygens (including phenoxy) is 1. The molecule has 0 unspecified atom stereocenters. The molecule has 27 heavy (non-hydrogen) atoms. The Morgan fingerprint density at radius 3 is 2.15 bits per heavy atom. The molecule has 0 bridgehead atoms. The van der Waals surface area contributed by atoms with Gasteiger partial charge in [0.05, 0.1) is 12.0 Å². The van der Waals surface area contributed by atoms with Gasteiger partial charge in [-0.25, -0.2) is 0 Å². The first-order valence-corrected chi connectivity index (χ1v) is 7.84. The van der Waals surface area contributed by atoms with Crippen molar-refractivity contribution < 1.29 is 40.7 Å². The lowest BCUT2D eigenvalue weighted by Gasteiger charge is -2.22. The highest BCUT2D eigenvalue weighted by Crippen LogP contribution is 2.38. The third-order valence-corrected chi connectivity index (χ3v) is 3.36. The molecule has 1 amide bonds. The quantitative estimate of drug-likeness (QED) is 0.590. The van der Waals surface area contributed by atoms with Gasteiger partial charge in [-0.15, -0.1) is 0 Å². The van der Waals surface area contributed by atoms with Crippen LogP contribution in [0, 0.1) is 5.41 Å². The fourth-order valence-corrected chi connectivity index (χ4v) is 1.94. The average molecular weight is 399 g/mol. The Balaban J connectivity index is 2.85. The molecule has 0 aliphatic carbocycles. The van der Waals surface area contributed by atoms with Crippen LogP contribution in [-0.2, 0) is 20.5 Å². The zero-order valence-electron chi connectivity index (χ0n) is 14.8. The monoisotopic (exact) mass is 399 g/mol. The van der Waals surface area contributed by atoms with E-state index in [0.717, 1.165) is 12.1 Å². The Morgan fingerprint density at radius 2 is 1.67 bits per heavy atom. The maximum Gasteiger partial charge on any atom is 0.429 e. The number of rotatable bonds is 5. The first-order valence-electron chi connectivity index (χ1n) is 7.84. The van der Waals surface area contributed by atoms with E-state index in [2.05, 4.69) is 10.1 Å². The third kappa shape index (κ3) is 7.10. The van der Waals surface area contributed by atoms with Crippen LogP contribution in [0.2, 0.25) is 0 Å². The van der Waals surface area contributed by atoms with E-state index < -0.39 is 53.3 Å². The Bertz CT molecular complexity index is 676. The molecule has 0 aliphatic heterocycles. The number of carbonyl (C=O) groups is 2. The second-order valence-electron chi connectivity index (χ2n) is 6.79. The molecule has 4 nitrogen and oxygen atoms in total. The topological polar surface area (TPSA) is 55.4 Å². The lowest BCUT2D eigenvalue weighted by Crippen LogP contribution is -2.36. The second-order valence-corrected chi connectivity index (χ2v) is 6.79. The Morgan fingerprint density at radius 1 is 1.07 bits per heavy atom. The largest absolute Gasteiger partial charge is 0.448 e. The number of esters is 1. The van der Waals surface area contributed by atoms with E-state index >= 15 is 0 Å². The molecule has 1 rings (SSSR count). The zero-order valence-corrected chi connectivity index (χ0v) is 14.8. The van der Waals surface area contributed by atoms with Crippen LogP contribution >= 0.6 is 0 Å². The van der Waals surface area contributed by atoms with Crippen LogP contribution in [0.3, 0.4) is 0 Å². The molecule has 1 aromatic carbocycles. The van der Waals surface area contributed by atoms with Gasteiger partial charge >= 0.3 is 18.3 Å². The minimum Gasteiger partial charge on any atom is -0.448 e. The molecule has 0 aromatic heterocycles. The molecule has 0 heterocycles. The lowest BCUT2D eigenvalue weighted by atomic mass is 9.96. The van der Waals surface area contributed by atoms with E-state index in [0.29, 0.717) is 6.07 Å². The van der Waals surface area contributed by atoms with Crippen molar-refractivity contribution in [2.45, 2.75) is 45.6 Å². The number of halogens is 6. The van der Waals surface area contributed by atoms with E-state index in [1.807, 2.05) is 0 Å². The summed E-state index contributed by atoms with van der Waals surface area (Å²) in [6.07, 6.45) is -13.3. The first kappa shape index (κ1) is 22.8. The first-order chi connectivity index (χ1) is 12.1. The minimum atomic E-state index is -5.10. The van der Waals surface area contributed by atoms with Gasteiger partial charge in [0.2, 0.25) is 12.0 Å². The summed E-state index contributed by atoms with van der Waals surface area (Å²) in [4.78, 5) is 23.3. The summed E-state index contributed by atoms with van der Waals surface area (Å²) in [6, 6.07) is 2.49. The number of carbonyl (C=O) groups excluding carboxylic acids is 2. The number of benzene rings is 1. The van der Waals surface area contributed by atoms with Crippen molar-refractivity contribution in [3.8, 4) is 0 Å². The van der Waals surface area contributed by atoms with Crippen molar-refractivity contribution in [3.63, 3.8) is 0 Å². The van der Waals surface area contributed by atoms with Gasteiger partial charge in [0, 0.05) is 17.5 Å². The highest BCUT2D eigenvalue weighted by atomic mass is 19.4. The van der Waals surface area contributed by atoms with Crippen molar-refractivity contribution in [2.24, 2.45) is 5.41 Å². The van der Waals surface area contributed by atoms with Crippen LogP contribution in [0.4, 0.5) is 26.3 Å². The molecule has 0 aliphatic rings. The summed E-state index contributed by atoms with van der Waals surface area (Å²) >= 11 is 0. The summed E-state index contributed by atoms with van der Waals surface area (Å²) in [5.41, 5.74) is -2.89. The molecule has 152 valence electrons. The SMILES string of the molecule is CC(C)(C)C(=O)NCCC(=O)O[C@@H](c1cccc(C(F)(F)F)c1)C(F)(F)F. The highest BCUT2D eigenvalue weighted by molar-refractivity contribution is 5.81. The van der Waals surface area contributed by atoms with Crippen LogP contribution < -0.4 is 5.32 Å². The molecule has 10 heteroatoms. The van der Waals surface area contributed by atoms with Crippen molar-refractivity contribution >= 4 is 11.9 Å². The van der Waals surface area contributed by atoms with Crippen LogP contribution in [0.15, 0.2) is 24.3 Å². The van der Waals surface area contributed by atoms with Gasteiger partial charge < -0.3 is 10.1 Å². The smallest absolute Gasteiger partial charge is 0.429 e. The molecule has 0 spiro atoms. The molecule has 0 fully saturated rings. The fraction of sp³-hybridized carbons (Fsp3) is 0.529. The van der Waals surface area contributed by atoms with Crippen molar-refractivity contribution in [3.05, 3.63) is 35.4 Å². The second kappa shape index (κ2) is 8.18. The predicted octanol–water partition coefficient (Wildman–Crippen LogP) is 4.40. The normalized spacial score (nSPS) is 13.8. The van der Waals surface area contributed by atoms with E-state index in [-0.39, 0.29) is 12.6 Å². The predicted molar refractivity (Wildman–Crippen MR) is 83.4 cm³/mol. The number of hydrogen-bond donors (Lipinski definition) is 1. The molecule has 0 radical (unpaired) electrons. The van der Waals surface area contributed by atoms with Gasteiger partial charge in [0.1, 0.15) is 0 Å². The minimum absolute atomic E-state index is 0.262. The Labute approximate surface area is 151 Å². The standard InChI is InChI=1S/C17H19F6NO3/c1-15(2,3)14(26)24-8-7-12(25)27-13(17(21,22)23)10-5-4-6-11(9-10)16(18,19)20/h4-6,9,13H,7-8H2,1-3H3,(H,24,26)/t13-/m0/s1. The summed E-state index contributed by atoms with van der Waals surface area (Å²) < 4.78 is 82.0. The fourth-order valence-electron chi connectivity index (χ4n) is 1.94. The molecular weight excluding hydrogens is 380 g/mol. The Kier molecular flexibility index (Phi) is 6.90. The van der Waals surface area contributed by atoms with Gasteiger partial charge in [0.15, 0.2) is 0 Å². The maximum atomic E-state index is 13.2. The van der Waals surface area contributed by atoms with Crippen molar-refractivity contribution in [2.75, 3.05) is 6.54 Å². The van der Waals surface area contributed by atoms with Crippen molar-refractivity contribution in [1.82, 2.24) is 5.32 Å². The summed E-state index contributed by atoms with van der Waals surface area (Å²) in [7, 11) is 0. The maximum absolute atomic E-state index is 13.2. The van der Waals surface area contributed by atoms with Gasteiger partial charge in [-0.2, -0.15) is 26.3 Å². The summed E-state index contributed by atoms with van der Waals surface area (Å²) in [6.45, 7) is 4.55. The third-order valence-electron chi connectivity index (χ3n) is 3.36. The average Bonchev–Trinajstić information content (AvgIpc) is 2.49. The van der Waals surface area contributed by atoms with Gasteiger partial charge in [-0.05, 0) is 12.1 Å². The van der Waals surface area contributed by atoms with Crippen LogP contribution in [0.5, 0.6) is 0 Å². The van der Waals surface area contributed by atoms with E-state index in [9.17, 15) is 35.9 Å². The van der Waals surface area contributed by atoms with Gasteiger partial charge in [-0.3, -0.25) is 9.59 Å². The number of hydrogen-bond acceptors (Lipinski definition) is 3. The van der Waals surface area contributed by atoms with Crippen LogP contribution in [-0.4, -0.2) is 24.6 Å². The molecule has 1 atom stereocenters. The molecular formula is C17H19F6NO3. The summed E-state index contributed by atoms with van der Waals surface area (Å²) in [5, 5.41) is 2.36. The van der Waals surface area contributed by atoms with Crippen molar-refractivity contribution in [1.29, 1.82) is 0 Å². The molecule has 1 aromatic rings. The van der Waals surface area contributed by atoms with Crippen LogP contribution in [0.25, 0.3) is 0 Å². The number of nitrogens with one attached hydrogen (secondary N) is 1. The van der Waals surface area contributed by atoms with E-state index in [4.69, 9.17) is 0 Å².